The molecular weight excluding hydrogens is 236 g/mol. The van der Waals surface area contributed by atoms with Gasteiger partial charge < -0.3 is 5.32 Å². The molecule has 2 rings (SSSR count). The molecular formula is C12H16N2S2. The van der Waals surface area contributed by atoms with E-state index in [-0.39, 0.29) is 0 Å². The highest BCUT2D eigenvalue weighted by molar-refractivity contribution is 7.10. The van der Waals surface area contributed by atoms with Crippen molar-refractivity contribution in [2.24, 2.45) is 0 Å². The third-order valence-corrected chi connectivity index (χ3v) is 4.78. The van der Waals surface area contributed by atoms with E-state index in [4.69, 9.17) is 0 Å². The Balaban J connectivity index is 2.03. The summed E-state index contributed by atoms with van der Waals surface area (Å²) in [4.78, 5) is 5.75. The van der Waals surface area contributed by atoms with Gasteiger partial charge in [-0.2, -0.15) is 0 Å². The first-order valence-corrected chi connectivity index (χ1v) is 7.14. The maximum atomic E-state index is 4.33. The van der Waals surface area contributed by atoms with Crippen LogP contribution in [0.2, 0.25) is 0 Å². The van der Waals surface area contributed by atoms with Crippen LogP contribution in [0.1, 0.15) is 41.4 Å². The fraction of sp³-hybridized carbons (Fsp3) is 0.417. The maximum Gasteiger partial charge on any atom is 0.109 e. The number of nitrogens with one attached hydrogen (secondary N) is 1. The highest BCUT2D eigenvalue weighted by atomic mass is 32.1. The predicted octanol–water partition coefficient (Wildman–Crippen LogP) is 3.92. The molecule has 1 N–H and O–H groups in total. The Bertz CT molecular complexity index is 434. The highest BCUT2D eigenvalue weighted by Crippen LogP contribution is 2.26. The minimum atomic E-state index is 0.316. The number of thiazole rings is 1. The molecule has 0 saturated heterocycles. The Morgan fingerprint density at radius 2 is 2.00 bits per heavy atom. The molecule has 2 unspecified atom stereocenters. The number of hydrogen-bond acceptors (Lipinski definition) is 4. The molecule has 2 heterocycles. The van der Waals surface area contributed by atoms with Crippen LogP contribution < -0.4 is 5.32 Å². The second-order valence-corrected chi connectivity index (χ2v) is 5.82. The summed E-state index contributed by atoms with van der Waals surface area (Å²) in [5, 5.41) is 8.91. The maximum absolute atomic E-state index is 4.33. The van der Waals surface area contributed by atoms with Gasteiger partial charge in [0.1, 0.15) is 5.01 Å². The summed E-state index contributed by atoms with van der Waals surface area (Å²) >= 11 is 3.52. The van der Waals surface area contributed by atoms with Gasteiger partial charge in [-0.1, -0.05) is 0 Å². The van der Waals surface area contributed by atoms with Gasteiger partial charge in [0, 0.05) is 22.5 Å². The van der Waals surface area contributed by atoms with E-state index in [2.05, 4.69) is 42.5 Å². The van der Waals surface area contributed by atoms with E-state index in [1.807, 2.05) is 22.9 Å². The lowest BCUT2D eigenvalue weighted by atomic mass is 10.1. The largest absolute Gasteiger partial charge is 0.301 e. The molecule has 0 aliphatic rings. The topological polar surface area (TPSA) is 24.9 Å². The van der Waals surface area contributed by atoms with Gasteiger partial charge in [0.25, 0.3) is 0 Å². The van der Waals surface area contributed by atoms with Gasteiger partial charge in [-0.3, -0.25) is 0 Å². The monoisotopic (exact) mass is 252 g/mol. The van der Waals surface area contributed by atoms with Gasteiger partial charge in [0.05, 0.1) is 6.04 Å². The summed E-state index contributed by atoms with van der Waals surface area (Å²) in [5.41, 5.74) is 1.37. The van der Waals surface area contributed by atoms with Crippen molar-refractivity contribution >= 4 is 22.7 Å². The molecule has 0 radical (unpaired) electrons. The zero-order chi connectivity index (χ0) is 11.5. The van der Waals surface area contributed by atoms with Crippen LogP contribution in [0.4, 0.5) is 0 Å². The first-order chi connectivity index (χ1) is 7.68. The van der Waals surface area contributed by atoms with Gasteiger partial charge in [-0.05, 0) is 37.8 Å². The number of nitrogens with zero attached hydrogens (tertiary/aromatic N) is 1. The van der Waals surface area contributed by atoms with Crippen LogP contribution in [0.15, 0.2) is 23.0 Å². The van der Waals surface area contributed by atoms with E-state index in [1.54, 1.807) is 11.3 Å². The molecule has 0 aliphatic heterocycles. The van der Waals surface area contributed by atoms with Crippen LogP contribution >= 0.6 is 22.7 Å². The fourth-order valence-corrected chi connectivity index (χ4v) is 3.40. The van der Waals surface area contributed by atoms with Gasteiger partial charge in [0.2, 0.25) is 0 Å². The summed E-state index contributed by atoms with van der Waals surface area (Å²) in [6.07, 6.45) is 1.86. The first kappa shape index (κ1) is 11.8. The van der Waals surface area contributed by atoms with Crippen molar-refractivity contribution in [2.75, 3.05) is 0 Å². The van der Waals surface area contributed by atoms with Crippen LogP contribution in [0.3, 0.4) is 0 Å². The first-order valence-electron chi connectivity index (χ1n) is 5.38. The van der Waals surface area contributed by atoms with E-state index in [0.29, 0.717) is 12.1 Å². The minimum Gasteiger partial charge on any atom is -0.301 e. The number of hydrogen-bond donors (Lipinski definition) is 1. The molecule has 0 aromatic carbocycles. The Hall–Kier alpha value is -0.710. The molecule has 0 amide bonds. The number of aromatic nitrogens is 1. The highest BCUT2D eigenvalue weighted by Gasteiger charge is 2.14. The zero-order valence-electron chi connectivity index (χ0n) is 9.73. The van der Waals surface area contributed by atoms with Crippen molar-refractivity contribution in [3.63, 3.8) is 0 Å². The van der Waals surface area contributed by atoms with Crippen LogP contribution in [0, 0.1) is 6.92 Å². The van der Waals surface area contributed by atoms with Crippen molar-refractivity contribution in [3.8, 4) is 0 Å². The van der Waals surface area contributed by atoms with Crippen molar-refractivity contribution < 1.29 is 0 Å². The molecule has 2 atom stereocenters. The minimum absolute atomic E-state index is 0.316. The Kier molecular flexibility index (Phi) is 3.74. The SMILES string of the molecule is Cc1ccsc1C(C)NC(C)c1nccs1. The second-order valence-electron chi connectivity index (χ2n) is 3.95. The zero-order valence-corrected chi connectivity index (χ0v) is 11.4. The standard InChI is InChI=1S/C12H16N2S2/c1-8-4-6-15-11(8)9(2)14-10(3)12-13-5-7-16-12/h4-7,9-10,14H,1-3H3. The van der Waals surface area contributed by atoms with Crippen molar-refractivity contribution in [3.05, 3.63) is 38.5 Å². The normalized spacial score (nSPS) is 14.9. The van der Waals surface area contributed by atoms with Gasteiger partial charge >= 0.3 is 0 Å². The summed E-state index contributed by atoms with van der Waals surface area (Å²) in [5.74, 6) is 0. The third-order valence-electron chi connectivity index (χ3n) is 2.62. The Morgan fingerprint density at radius 1 is 1.19 bits per heavy atom. The molecule has 0 bridgehead atoms. The van der Waals surface area contributed by atoms with Crippen LogP contribution in [-0.2, 0) is 0 Å². The molecule has 4 heteroatoms. The lowest BCUT2D eigenvalue weighted by Gasteiger charge is -2.18. The lowest BCUT2D eigenvalue weighted by molar-refractivity contribution is 0.497. The second kappa shape index (κ2) is 5.08. The van der Waals surface area contributed by atoms with Gasteiger partial charge in [0.15, 0.2) is 0 Å². The average Bonchev–Trinajstić information content (AvgIpc) is 2.86. The Labute approximate surface area is 104 Å². The molecule has 16 heavy (non-hydrogen) atoms. The van der Waals surface area contributed by atoms with Gasteiger partial charge in [-0.25, -0.2) is 4.98 Å². The molecule has 0 fully saturated rings. The average molecular weight is 252 g/mol. The van der Waals surface area contributed by atoms with Crippen molar-refractivity contribution in [1.82, 2.24) is 10.3 Å². The summed E-state index contributed by atoms with van der Waals surface area (Å²) < 4.78 is 0. The van der Waals surface area contributed by atoms with Gasteiger partial charge in [-0.15, -0.1) is 22.7 Å². The predicted molar refractivity (Wildman–Crippen MR) is 71.1 cm³/mol. The summed E-state index contributed by atoms with van der Waals surface area (Å²) in [7, 11) is 0. The third kappa shape index (κ3) is 2.51. The van der Waals surface area contributed by atoms with E-state index >= 15 is 0 Å². The molecule has 2 aromatic heterocycles. The van der Waals surface area contributed by atoms with E-state index < -0.39 is 0 Å². The smallest absolute Gasteiger partial charge is 0.109 e. The molecule has 0 aliphatic carbocycles. The van der Waals surface area contributed by atoms with E-state index in [0.717, 1.165) is 5.01 Å². The van der Waals surface area contributed by atoms with Crippen molar-refractivity contribution in [2.45, 2.75) is 32.9 Å². The van der Waals surface area contributed by atoms with E-state index in [1.165, 1.54) is 10.4 Å². The molecule has 2 aromatic rings. The number of rotatable bonds is 4. The van der Waals surface area contributed by atoms with E-state index in [9.17, 15) is 0 Å². The number of aryl methyl sites for hydroxylation is 1. The molecule has 2 nitrogen and oxygen atoms in total. The molecule has 0 saturated carbocycles. The quantitative estimate of drug-likeness (QED) is 0.892. The molecule has 86 valence electrons. The molecule has 0 spiro atoms. The summed E-state index contributed by atoms with van der Waals surface area (Å²) in [6, 6.07) is 2.88. The fourth-order valence-electron chi connectivity index (χ4n) is 1.80. The van der Waals surface area contributed by atoms with Crippen LogP contribution in [0.25, 0.3) is 0 Å². The number of thiophene rings is 1. The lowest BCUT2D eigenvalue weighted by Crippen LogP contribution is -2.22. The Morgan fingerprint density at radius 3 is 2.56 bits per heavy atom. The van der Waals surface area contributed by atoms with Crippen LogP contribution in [0.5, 0.6) is 0 Å². The van der Waals surface area contributed by atoms with Crippen molar-refractivity contribution in [1.29, 1.82) is 0 Å². The van der Waals surface area contributed by atoms with Crippen LogP contribution in [-0.4, -0.2) is 4.98 Å². The summed E-state index contributed by atoms with van der Waals surface area (Å²) in [6.45, 7) is 6.54.